The first-order valence-corrected chi connectivity index (χ1v) is 9.17. The molecule has 146 valence electrons. The average Bonchev–Trinajstić information content (AvgIpc) is 2.70. The molecule has 0 spiro atoms. The smallest absolute Gasteiger partial charge is 0.205 e. The summed E-state index contributed by atoms with van der Waals surface area (Å²) in [6.07, 6.45) is 1.93. The molecule has 1 atom stereocenters. The van der Waals surface area contributed by atoms with E-state index in [9.17, 15) is 14.0 Å². The van der Waals surface area contributed by atoms with Crippen molar-refractivity contribution in [3.63, 3.8) is 0 Å². The largest absolute Gasteiger partial charge is 0.440 e. The number of allylic oxidation sites excluding steroid dienone is 1. The van der Waals surface area contributed by atoms with Gasteiger partial charge < -0.3 is 10.5 Å². The molecule has 0 bridgehead atoms. The molecule has 2 N–H and O–H groups in total. The van der Waals surface area contributed by atoms with E-state index in [1.807, 2.05) is 13.1 Å². The lowest BCUT2D eigenvalue weighted by molar-refractivity contribution is 0.251. The number of benzene rings is 2. The Hall–Kier alpha value is -3.43. The van der Waals surface area contributed by atoms with E-state index in [0.717, 1.165) is 22.3 Å². The van der Waals surface area contributed by atoms with Gasteiger partial charge >= 0.3 is 0 Å². The number of rotatable bonds is 2. The molecule has 2 aromatic carbocycles. The number of hydrogen-bond acceptors (Lipinski definition) is 4. The molecule has 2 aliphatic heterocycles. The normalized spacial score (nSPS) is 21.0. The maximum atomic E-state index is 13.5. The fraction of sp³-hybridized carbons (Fsp3) is 0.174. The first-order valence-electron chi connectivity index (χ1n) is 9.17. The zero-order chi connectivity index (χ0) is 20.5. The summed E-state index contributed by atoms with van der Waals surface area (Å²) in [5, 5.41) is 9.70. The van der Waals surface area contributed by atoms with Crippen LogP contribution in [0.15, 0.2) is 76.9 Å². The summed E-state index contributed by atoms with van der Waals surface area (Å²) < 4.78 is 32.6. The third-order valence-corrected chi connectivity index (χ3v) is 5.11. The van der Waals surface area contributed by atoms with Gasteiger partial charge in [-0.2, -0.15) is 5.26 Å². The van der Waals surface area contributed by atoms with Gasteiger partial charge in [0.05, 0.1) is 5.92 Å². The maximum absolute atomic E-state index is 13.5. The van der Waals surface area contributed by atoms with Crippen LogP contribution in [-0.2, 0) is 4.74 Å². The Morgan fingerprint density at radius 3 is 2.31 bits per heavy atom. The van der Waals surface area contributed by atoms with Gasteiger partial charge in [0.2, 0.25) is 5.88 Å². The standard InChI is InChI=1S/C23H19F2N3O/c1-28-12-16(10-14-2-6-17(24)7-3-14)22-20(13-28)21(19(11-26)23(27)29-22)15-4-8-18(25)9-5-15/h2-10,21H,12-13,27H2,1H3/b16-10-/t21-/m0/s1. The van der Waals surface area contributed by atoms with Crippen LogP contribution in [-0.4, -0.2) is 25.0 Å². The van der Waals surface area contributed by atoms with Gasteiger partial charge in [-0.25, -0.2) is 8.78 Å². The Morgan fingerprint density at radius 1 is 1.07 bits per heavy atom. The Labute approximate surface area is 167 Å². The van der Waals surface area contributed by atoms with E-state index in [0.29, 0.717) is 24.4 Å². The number of nitrogens with zero attached hydrogens (tertiary/aromatic N) is 2. The molecule has 4 nitrogen and oxygen atoms in total. The molecule has 0 fully saturated rings. The summed E-state index contributed by atoms with van der Waals surface area (Å²) in [4.78, 5) is 2.10. The third-order valence-electron chi connectivity index (χ3n) is 5.11. The molecule has 29 heavy (non-hydrogen) atoms. The molecule has 0 radical (unpaired) electrons. The van der Waals surface area contributed by atoms with Gasteiger partial charge in [-0.1, -0.05) is 24.3 Å². The second-order valence-electron chi connectivity index (χ2n) is 7.22. The van der Waals surface area contributed by atoms with E-state index in [1.165, 1.54) is 24.3 Å². The van der Waals surface area contributed by atoms with Crippen LogP contribution in [0.25, 0.3) is 6.08 Å². The van der Waals surface area contributed by atoms with Crippen LogP contribution >= 0.6 is 0 Å². The summed E-state index contributed by atoms with van der Waals surface area (Å²) in [6, 6.07) is 14.4. The number of nitriles is 1. The molecule has 0 unspecified atom stereocenters. The average molecular weight is 391 g/mol. The van der Waals surface area contributed by atoms with E-state index < -0.39 is 5.92 Å². The highest BCUT2D eigenvalue weighted by atomic mass is 19.1. The van der Waals surface area contributed by atoms with Crippen molar-refractivity contribution in [3.05, 3.63) is 99.7 Å². The number of nitrogens with two attached hydrogens (primary N) is 1. The highest BCUT2D eigenvalue weighted by Crippen LogP contribution is 2.43. The van der Waals surface area contributed by atoms with E-state index in [-0.39, 0.29) is 17.5 Å². The second-order valence-corrected chi connectivity index (χ2v) is 7.22. The molecule has 2 aliphatic rings. The lowest BCUT2D eigenvalue weighted by atomic mass is 9.80. The number of halogens is 2. The summed E-state index contributed by atoms with van der Waals surface area (Å²) in [5.74, 6) is -0.385. The quantitative estimate of drug-likeness (QED) is 0.839. The monoisotopic (exact) mass is 391 g/mol. The minimum atomic E-state index is -0.413. The second kappa shape index (κ2) is 7.53. The van der Waals surface area contributed by atoms with Gasteiger partial charge in [0.15, 0.2) is 0 Å². The van der Waals surface area contributed by atoms with Crippen molar-refractivity contribution in [3.8, 4) is 6.07 Å². The van der Waals surface area contributed by atoms with Gasteiger partial charge in [-0.05, 0) is 54.1 Å². The Bertz CT molecular complexity index is 1080. The van der Waals surface area contributed by atoms with Crippen LogP contribution in [0.1, 0.15) is 17.0 Å². The van der Waals surface area contributed by atoms with Crippen LogP contribution in [0.4, 0.5) is 8.78 Å². The van der Waals surface area contributed by atoms with Crippen molar-refractivity contribution in [2.45, 2.75) is 5.92 Å². The molecule has 2 aromatic rings. The summed E-state index contributed by atoms with van der Waals surface area (Å²) in [5.41, 5.74) is 9.80. The number of likely N-dealkylation sites (N-methyl/N-ethyl adjacent to an activating group) is 1. The molecule has 6 heteroatoms. The van der Waals surface area contributed by atoms with Crippen molar-refractivity contribution in [1.29, 1.82) is 5.26 Å². The lowest BCUT2D eigenvalue weighted by Gasteiger charge is -2.36. The summed E-state index contributed by atoms with van der Waals surface area (Å²) in [7, 11) is 1.97. The van der Waals surface area contributed by atoms with Crippen molar-refractivity contribution >= 4 is 6.08 Å². The molecule has 0 saturated heterocycles. The zero-order valence-electron chi connectivity index (χ0n) is 15.8. The molecule has 2 heterocycles. The molecular formula is C23H19F2N3O. The highest BCUT2D eigenvalue weighted by molar-refractivity contribution is 5.63. The van der Waals surface area contributed by atoms with Gasteiger partial charge in [0.25, 0.3) is 0 Å². The predicted molar refractivity (Wildman–Crippen MR) is 106 cm³/mol. The fourth-order valence-corrected chi connectivity index (χ4v) is 3.84. The summed E-state index contributed by atoms with van der Waals surface area (Å²) >= 11 is 0. The van der Waals surface area contributed by atoms with Gasteiger partial charge in [-0.3, -0.25) is 4.90 Å². The fourth-order valence-electron chi connectivity index (χ4n) is 3.84. The van der Waals surface area contributed by atoms with E-state index in [4.69, 9.17) is 10.5 Å². The van der Waals surface area contributed by atoms with E-state index in [1.54, 1.807) is 24.3 Å². The van der Waals surface area contributed by atoms with Crippen LogP contribution in [0.2, 0.25) is 0 Å². The molecule has 0 saturated carbocycles. The minimum absolute atomic E-state index is 0.0511. The SMILES string of the molecule is CN1CC2=C(OC(N)=C(C#N)[C@@H]2c2ccc(F)cc2)/C(=C\c2ccc(F)cc2)C1. The highest BCUT2D eigenvalue weighted by Gasteiger charge is 2.36. The molecule has 0 amide bonds. The Balaban J connectivity index is 1.85. The third kappa shape index (κ3) is 3.65. The summed E-state index contributed by atoms with van der Waals surface area (Å²) in [6.45, 7) is 1.19. The topological polar surface area (TPSA) is 62.3 Å². The molecule has 0 aliphatic carbocycles. The molecule has 0 aromatic heterocycles. The number of hydrogen-bond donors (Lipinski definition) is 1. The van der Waals surface area contributed by atoms with Crippen LogP contribution in [0, 0.1) is 23.0 Å². The van der Waals surface area contributed by atoms with E-state index in [2.05, 4.69) is 11.0 Å². The van der Waals surface area contributed by atoms with Gasteiger partial charge in [0, 0.05) is 18.7 Å². The molecular weight excluding hydrogens is 372 g/mol. The van der Waals surface area contributed by atoms with E-state index >= 15 is 0 Å². The zero-order valence-corrected chi connectivity index (χ0v) is 15.8. The van der Waals surface area contributed by atoms with Crippen molar-refractivity contribution in [2.24, 2.45) is 5.73 Å². The van der Waals surface area contributed by atoms with Crippen LogP contribution in [0.3, 0.4) is 0 Å². The Morgan fingerprint density at radius 2 is 1.69 bits per heavy atom. The van der Waals surface area contributed by atoms with Gasteiger partial charge in [-0.15, -0.1) is 0 Å². The van der Waals surface area contributed by atoms with Crippen LogP contribution < -0.4 is 5.73 Å². The lowest BCUT2D eigenvalue weighted by Crippen LogP contribution is -2.35. The number of ether oxygens (including phenoxy) is 1. The minimum Gasteiger partial charge on any atom is -0.440 e. The first-order chi connectivity index (χ1) is 14.0. The predicted octanol–water partition coefficient (Wildman–Crippen LogP) is 4.06. The molecule has 4 rings (SSSR count). The Kier molecular flexibility index (Phi) is 4.91. The van der Waals surface area contributed by atoms with Crippen molar-refractivity contribution in [2.75, 3.05) is 20.1 Å². The maximum Gasteiger partial charge on any atom is 0.205 e. The van der Waals surface area contributed by atoms with Crippen molar-refractivity contribution < 1.29 is 13.5 Å². The first kappa shape index (κ1) is 18.9. The van der Waals surface area contributed by atoms with Crippen molar-refractivity contribution in [1.82, 2.24) is 4.90 Å². The van der Waals surface area contributed by atoms with Gasteiger partial charge in [0.1, 0.15) is 29.0 Å². The van der Waals surface area contributed by atoms with Crippen LogP contribution in [0.5, 0.6) is 0 Å².